The van der Waals surface area contributed by atoms with Gasteiger partial charge in [0.15, 0.2) is 5.78 Å². The zero-order valence-electron chi connectivity index (χ0n) is 18.7. The van der Waals surface area contributed by atoms with Crippen LogP contribution in [0, 0.1) is 5.92 Å². The fourth-order valence-corrected chi connectivity index (χ4v) is 4.34. The number of aliphatic hydroxyl groups excluding tert-OH is 1. The predicted molar refractivity (Wildman–Crippen MR) is 119 cm³/mol. The molecule has 0 spiro atoms. The molecule has 1 aliphatic rings. The first-order chi connectivity index (χ1) is 15.3. The van der Waals surface area contributed by atoms with Crippen molar-refractivity contribution in [2.45, 2.75) is 71.4 Å². The van der Waals surface area contributed by atoms with Crippen LogP contribution in [0.15, 0.2) is 30.7 Å². The first-order valence-corrected chi connectivity index (χ1v) is 11.2. The van der Waals surface area contributed by atoms with E-state index in [1.807, 2.05) is 24.6 Å². The third-order valence-corrected chi connectivity index (χ3v) is 5.96. The number of hydrogen-bond donors (Lipinski definition) is 1. The number of nitrogens with zero attached hydrogens (tertiary/aromatic N) is 4. The molecule has 1 unspecified atom stereocenters. The molecule has 0 radical (unpaired) electrons. The number of alkyl halides is 1. The number of fused-ring (bicyclic) bond motifs is 1. The topological polar surface area (TPSA) is 90.1 Å². The van der Waals surface area contributed by atoms with Crippen molar-refractivity contribution in [3.8, 4) is 17.0 Å². The molecule has 8 heteroatoms. The second-order valence-electron chi connectivity index (χ2n) is 8.79. The van der Waals surface area contributed by atoms with Gasteiger partial charge in [0.2, 0.25) is 6.36 Å². The zero-order chi connectivity index (χ0) is 22.8. The Morgan fingerprint density at radius 2 is 2.00 bits per heavy atom. The Morgan fingerprint density at radius 1 is 1.22 bits per heavy atom. The summed E-state index contributed by atoms with van der Waals surface area (Å²) in [7, 11) is 0. The molecule has 0 saturated heterocycles. The molecular formula is C24H29FN4O3. The van der Waals surface area contributed by atoms with Crippen molar-refractivity contribution < 1.29 is 19.0 Å². The van der Waals surface area contributed by atoms with Crippen LogP contribution in [-0.4, -0.2) is 43.1 Å². The van der Waals surface area contributed by atoms with Gasteiger partial charge in [0, 0.05) is 42.9 Å². The minimum absolute atomic E-state index is 0.00391. The van der Waals surface area contributed by atoms with Crippen LogP contribution in [0.1, 0.15) is 69.3 Å². The number of ether oxygens (including phenoxy) is 1. The molecular weight excluding hydrogens is 411 g/mol. The van der Waals surface area contributed by atoms with Gasteiger partial charge < -0.3 is 9.84 Å². The van der Waals surface area contributed by atoms with E-state index in [1.54, 1.807) is 18.5 Å². The molecule has 170 valence electrons. The van der Waals surface area contributed by atoms with Crippen molar-refractivity contribution in [1.29, 1.82) is 0 Å². The van der Waals surface area contributed by atoms with Gasteiger partial charge in [-0.2, -0.15) is 5.10 Å². The lowest BCUT2D eigenvalue weighted by Gasteiger charge is -2.26. The van der Waals surface area contributed by atoms with Crippen LogP contribution in [0.5, 0.6) is 5.75 Å². The Kier molecular flexibility index (Phi) is 6.50. The summed E-state index contributed by atoms with van der Waals surface area (Å²) in [6.45, 7) is 5.32. The average molecular weight is 441 g/mol. The molecule has 1 aliphatic carbocycles. The summed E-state index contributed by atoms with van der Waals surface area (Å²) in [5.41, 5.74) is 3.16. The molecule has 7 nitrogen and oxygen atoms in total. The molecule has 0 aromatic carbocycles. The Labute approximate surface area is 186 Å². The van der Waals surface area contributed by atoms with Gasteiger partial charge in [-0.3, -0.25) is 19.4 Å². The van der Waals surface area contributed by atoms with Gasteiger partial charge >= 0.3 is 0 Å². The maximum atomic E-state index is 13.3. The lowest BCUT2D eigenvalue weighted by Crippen LogP contribution is -2.26. The average Bonchev–Trinajstić information content (AvgIpc) is 3.14. The van der Waals surface area contributed by atoms with E-state index in [-0.39, 0.29) is 17.7 Å². The van der Waals surface area contributed by atoms with Crippen LogP contribution in [0.3, 0.4) is 0 Å². The summed E-state index contributed by atoms with van der Waals surface area (Å²) in [4.78, 5) is 21.7. The lowest BCUT2D eigenvalue weighted by molar-refractivity contribution is 0.0583. The summed E-state index contributed by atoms with van der Waals surface area (Å²) in [5.74, 6) is 0.296. The molecule has 4 rings (SSSR count). The number of Topliss-reactive ketones (excluding diaryl/α,β-unsaturated/α-hetero) is 1. The summed E-state index contributed by atoms with van der Waals surface area (Å²) in [5, 5.41) is 15.0. The smallest absolute Gasteiger partial charge is 0.235 e. The standard InChI is InChI=1S/C24H29FN4O3/c1-14(2)29-20-9-17(22(31)10-16-6-4-5-7-21(16)30)12-27-24(20)23(28-29)18-8-19(13-26-11-18)32-15(3)25/h8-9,11-16,21,30H,4-7,10H2,1-3H3/t15?,16-,21+/m1/s1. The molecule has 3 heterocycles. The number of carbonyl (C=O) groups is 1. The normalized spacial score (nSPS) is 19.9. The highest BCUT2D eigenvalue weighted by Gasteiger charge is 2.26. The highest BCUT2D eigenvalue weighted by molar-refractivity contribution is 6.00. The summed E-state index contributed by atoms with van der Waals surface area (Å²) >= 11 is 0. The largest absolute Gasteiger partial charge is 0.459 e. The molecule has 0 bridgehead atoms. The number of halogens is 1. The van der Waals surface area contributed by atoms with Crippen molar-refractivity contribution in [1.82, 2.24) is 19.7 Å². The highest BCUT2D eigenvalue weighted by Crippen LogP contribution is 2.32. The molecule has 0 amide bonds. The zero-order valence-corrected chi connectivity index (χ0v) is 18.7. The van der Waals surface area contributed by atoms with E-state index in [0.29, 0.717) is 34.5 Å². The molecule has 1 N–H and O–H groups in total. The van der Waals surface area contributed by atoms with E-state index < -0.39 is 12.5 Å². The Balaban J connectivity index is 1.69. The van der Waals surface area contributed by atoms with Crippen molar-refractivity contribution in [3.63, 3.8) is 0 Å². The number of ketones is 1. The van der Waals surface area contributed by atoms with Crippen LogP contribution >= 0.6 is 0 Å². The second kappa shape index (κ2) is 9.32. The van der Waals surface area contributed by atoms with Crippen LogP contribution in [0.4, 0.5) is 4.39 Å². The van der Waals surface area contributed by atoms with E-state index in [4.69, 9.17) is 9.84 Å². The summed E-state index contributed by atoms with van der Waals surface area (Å²) < 4.78 is 20.2. The van der Waals surface area contributed by atoms with Gasteiger partial charge in [0.05, 0.1) is 17.8 Å². The van der Waals surface area contributed by atoms with Gasteiger partial charge in [0.25, 0.3) is 0 Å². The number of hydrogen-bond acceptors (Lipinski definition) is 6. The number of carbonyl (C=O) groups excluding carboxylic acids is 1. The van der Waals surface area contributed by atoms with Crippen molar-refractivity contribution >= 4 is 16.8 Å². The number of rotatable bonds is 7. The van der Waals surface area contributed by atoms with Crippen molar-refractivity contribution in [2.24, 2.45) is 5.92 Å². The summed E-state index contributed by atoms with van der Waals surface area (Å²) in [6.07, 6.45) is 6.82. The Bertz CT molecular complexity index is 1110. The molecule has 1 fully saturated rings. The predicted octanol–water partition coefficient (Wildman–Crippen LogP) is 4.89. The van der Waals surface area contributed by atoms with Gasteiger partial charge in [-0.1, -0.05) is 12.8 Å². The lowest BCUT2D eigenvalue weighted by atomic mass is 9.82. The third kappa shape index (κ3) is 4.65. The summed E-state index contributed by atoms with van der Waals surface area (Å²) in [6, 6.07) is 3.55. The molecule has 32 heavy (non-hydrogen) atoms. The van der Waals surface area contributed by atoms with Gasteiger partial charge in [0.1, 0.15) is 17.0 Å². The number of pyridine rings is 2. The Morgan fingerprint density at radius 3 is 2.72 bits per heavy atom. The molecule has 3 aromatic rings. The minimum Gasteiger partial charge on any atom is -0.459 e. The molecule has 3 atom stereocenters. The van der Waals surface area contributed by atoms with E-state index >= 15 is 0 Å². The number of aliphatic hydroxyl groups is 1. The van der Waals surface area contributed by atoms with Crippen LogP contribution in [-0.2, 0) is 0 Å². The monoisotopic (exact) mass is 440 g/mol. The third-order valence-electron chi connectivity index (χ3n) is 5.96. The van der Waals surface area contributed by atoms with Crippen LogP contribution < -0.4 is 4.74 Å². The Hall–Kier alpha value is -2.87. The highest BCUT2D eigenvalue weighted by atomic mass is 19.1. The fourth-order valence-electron chi connectivity index (χ4n) is 4.34. The van der Waals surface area contributed by atoms with Crippen molar-refractivity contribution in [2.75, 3.05) is 0 Å². The quantitative estimate of drug-likeness (QED) is 0.526. The first-order valence-electron chi connectivity index (χ1n) is 11.2. The maximum Gasteiger partial charge on any atom is 0.235 e. The fraction of sp³-hybridized carbons (Fsp3) is 0.500. The minimum atomic E-state index is -1.45. The van der Waals surface area contributed by atoms with Crippen LogP contribution in [0.25, 0.3) is 22.3 Å². The molecule has 0 aliphatic heterocycles. The van der Waals surface area contributed by atoms with Gasteiger partial charge in [-0.05, 0) is 44.7 Å². The van der Waals surface area contributed by atoms with E-state index in [1.165, 1.54) is 13.1 Å². The molecule has 1 saturated carbocycles. The first kappa shape index (κ1) is 22.3. The van der Waals surface area contributed by atoms with Crippen molar-refractivity contribution in [3.05, 3.63) is 36.3 Å². The van der Waals surface area contributed by atoms with Gasteiger partial charge in [-0.15, -0.1) is 0 Å². The maximum absolute atomic E-state index is 13.3. The SMILES string of the molecule is CC(F)Oc1cncc(-c2nn(C(C)C)c3cc(C(=O)C[C@H]4CCCC[C@@H]4O)cnc23)c1. The second-order valence-corrected chi connectivity index (χ2v) is 8.79. The van der Waals surface area contributed by atoms with Gasteiger partial charge in [-0.25, -0.2) is 4.39 Å². The van der Waals surface area contributed by atoms with E-state index in [9.17, 15) is 14.3 Å². The van der Waals surface area contributed by atoms with E-state index in [2.05, 4.69) is 9.97 Å². The molecule has 3 aromatic heterocycles. The number of aromatic nitrogens is 4. The van der Waals surface area contributed by atoms with Crippen LogP contribution in [0.2, 0.25) is 0 Å². The van der Waals surface area contributed by atoms with E-state index in [0.717, 1.165) is 31.2 Å².